The molecule has 0 aromatic heterocycles. The third-order valence-corrected chi connectivity index (χ3v) is 2.31. The van der Waals surface area contributed by atoms with E-state index in [0.29, 0.717) is 24.6 Å². The molecule has 18 heavy (non-hydrogen) atoms. The van der Waals surface area contributed by atoms with E-state index < -0.39 is 0 Å². The number of nitrogens with two attached hydrogens (primary N) is 1. The first kappa shape index (κ1) is 14.1. The van der Waals surface area contributed by atoms with Crippen LogP contribution in [-0.4, -0.2) is 19.1 Å². The highest BCUT2D eigenvalue weighted by atomic mass is 16.5. The van der Waals surface area contributed by atoms with E-state index in [0.717, 1.165) is 12.0 Å². The van der Waals surface area contributed by atoms with E-state index in [1.807, 2.05) is 26.0 Å². The quantitative estimate of drug-likeness (QED) is 0.599. The van der Waals surface area contributed by atoms with Crippen LogP contribution >= 0.6 is 0 Å². The van der Waals surface area contributed by atoms with Gasteiger partial charge in [0.15, 0.2) is 0 Å². The summed E-state index contributed by atoms with van der Waals surface area (Å²) in [5, 5.41) is 2.77. The van der Waals surface area contributed by atoms with Crippen LogP contribution < -0.4 is 15.8 Å². The average molecular weight is 248 g/mol. The van der Waals surface area contributed by atoms with Crippen LogP contribution in [0.2, 0.25) is 0 Å². The number of benzene rings is 1. The Bertz CT molecular complexity index is 428. The van der Waals surface area contributed by atoms with Gasteiger partial charge >= 0.3 is 0 Å². The van der Waals surface area contributed by atoms with Gasteiger partial charge in [0.25, 0.3) is 0 Å². The van der Waals surface area contributed by atoms with Gasteiger partial charge in [-0.3, -0.25) is 4.79 Å². The Kier molecular flexibility index (Phi) is 5.77. The summed E-state index contributed by atoms with van der Waals surface area (Å²) in [6.45, 7) is 5.19. The summed E-state index contributed by atoms with van der Waals surface area (Å²) in [5.74, 6) is 0.578. The highest BCUT2D eigenvalue weighted by molar-refractivity contribution is 5.91. The van der Waals surface area contributed by atoms with E-state index in [1.165, 1.54) is 6.08 Å². The van der Waals surface area contributed by atoms with Gasteiger partial charge in [-0.05, 0) is 37.1 Å². The van der Waals surface area contributed by atoms with Crippen LogP contribution in [0.3, 0.4) is 0 Å². The number of hydrogen-bond acceptors (Lipinski definition) is 3. The number of ether oxygens (including phenoxy) is 1. The molecule has 0 aliphatic rings. The molecule has 0 aliphatic heterocycles. The van der Waals surface area contributed by atoms with Crippen LogP contribution in [0.5, 0.6) is 5.75 Å². The summed E-state index contributed by atoms with van der Waals surface area (Å²) in [6.07, 6.45) is 4.16. The molecule has 0 radical (unpaired) electrons. The van der Waals surface area contributed by atoms with Gasteiger partial charge in [0.2, 0.25) is 5.91 Å². The zero-order valence-corrected chi connectivity index (χ0v) is 10.9. The van der Waals surface area contributed by atoms with Gasteiger partial charge < -0.3 is 15.8 Å². The lowest BCUT2D eigenvalue weighted by atomic mass is 10.1. The summed E-state index contributed by atoms with van der Waals surface area (Å²) < 4.78 is 5.34. The lowest BCUT2D eigenvalue weighted by Gasteiger charge is -2.06. The van der Waals surface area contributed by atoms with Crippen LogP contribution in [0.4, 0.5) is 5.69 Å². The van der Waals surface area contributed by atoms with Gasteiger partial charge in [-0.2, -0.15) is 0 Å². The number of anilines is 1. The maximum absolute atomic E-state index is 11.4. The molecule has 1 rings (SSSR count). The van der Waals surface area contributed by atoms with Gasteiger partial charge in [-0.1, -0.05) is 13.0 Å². The van der Waals surface area contributed by atoms with Crippen molar-refractivity contribution >= 4 is 17.7 Å². The molecule has 1 aromatic carbocycles. The lowest BCUT2D eigenvalue weighted by molar-refractivity contribution is -0.116. The van der Waals surface area contributed by atoms with Crippen LogP contribution in [0.15, 0.2) is 24.3 Å². The topological polar surface area (TPSA) is 64.3 Å². The Morgan fingerprint density at radius 1 is 1.44 bits per heavy atom. The minimum absolute atomic E-state index is 0.0932. The number of hydrogen-bond donors (Lipinski definition) is 2. The fraction of sp³-hybridized carbons (Fsp3) is 0.357. The molecule has 98 valence electrons. The van der Waals surface area contributed by atoms with E-state index in [2.05, 4.69) is 5.32 Å². The first-order valence-corrected chi connectivity index (χ1v) is 6.15. The van der Waals surface area contributed by atoms with Crippen molar-refractivity contribution < 1.29 is 9.53 Å². The Morgan fingerprint density at radius 3 is 2.83 bits per heavy atom. The highest BCUT2D eigenvalue weighted by Crippen LogP contribution is 2.22. The van der Waals surface area contributed by atoms with Crippen molar-refractivity contribution in [1.29, 1.82) is 0 Å². The van der Waals surface area contributed by atoms with Crippen LogP contribution in [0, 0.1) is 0 Å². The second-order valence-electron chi connectivity index (χ2n) is 3.85. The largest absolute Gasteiger partial charge is 0.492 e. The number of nitrogen functional groups attached to an aromatic ring is 1. The zero-order chi connectivity index (χ0) is 13.4. The molecule has 0 unspecified atom stereocenters. The normalized spacial score (nSPS) is 10.6. The number of nitrogens with one attached hydrogen (secondary N) is 1. The van der Waals surface area contributed by atoms with Gasteiger partial charge in [-0.25, -0.2) is 0 Å². The fourth-order valence-electron chi connectivity index (χ4n) is 1.44. The van der Waals surface area contributed by atoms with Gasteiger partial charge in [0.1, 0.15) is 5.75 Å². The van der Waals surface area contributed by atoms with Crippen LogP contribution in [0.25, 0.3) is 6.08 Å². The smallest absolute Gasteiger partial charge is 0.243 e. The van der Waals surface area contributed by atoms with Crippen molar-refractivity contribution in [3.05, 3.63) is 29.8 Å². The maximum Gasteiger partial charge on any atom is 0.243 e. The molecular formula is C14H20N2O2. The number of carbonyl (C=O) groups is 1. The molecular weight excluding hydrogens is 228 g/mol. The molecule has 1 aromatic rings. The molecule has 1 amide bonds. The minimum Gasteiger partial charge on any atom is -0.492 e. The maximum atomic E-state index is 11.4. The average Bonchev–Trinajstić information content (AvgIpc) is 2.37. The summed E-state index contributed by atoms with van der Waals surface area (Å²) in [4.78, 5) is 11.4. The third-order valence-electron chi connectivity index (χ3n) is 2.31. The van der Waals surface area contributed by atoms with Gasteiger partial charge in [0.05, 0.1) is 12.3 Å². The Balaban J connectivity index is 2.65. The van der Waals surface area contributed by atoms with Crippen LogP contribution in [-0.2, 0) is 4.79 Å². The molecule has 0 fully saturated rings. The first-order chi connectivity index (χ1) is 8.67. The predicted octanol–water partition coefficient (Wildman–Crippen LogP) is 2.21. The Morgan fingerprint density at radius 2 is 2.22 bits per heavy atom. The molecule has 0 aliphatic carbocycles. The fourth-order valence-corrected chi connectivity index (χ4v) is 1.44. The number of carbonyl (C=O) groups excluding carboxylic acids is 1. The van der Waals surface area contributed by atoms with Crippen molar-refractivity contribution in [2.45, 2.75) is 20.3 Å². The first-order valence-electron chi connectivity index (χ1n) is 6.15. The van der Waals surface area contributed by atoms with Crippen molar-refractivity contribution in [1.82, 2.24) is 5.32 Å². The SMILES string of the molecule is CCCNC(=O)/C=C\c1ccc(OCC)c(N)c1. The van der Waals surface area contributed by atoms with Crippen molar-refractivity contribution in [2.24, 2.45) is 0 Å². The molecule has 0 saturated heterocycles. The molecule has 0 spiro atoms. The summed E-state index contributed by atoms with van der Waals surface area (Å²) in [6, 6.07) is 5.46. The van der Waals surface area contributed by atoms with Crippen molar-refractivity contribution in [2.75, 3.05) is 18.9 Å². The standard InChI is InChI=1S/C14H20N2O2/c1-3-9-16-14(17)8-6-11-5-7-13(18-4-2)12(15)10-11/h5-8,10H,3-4,9,15H2,1-2H3,(H,16,17)/b8-6-. The highest BCUT2D eigenvalue weighted by Gasteiger charge is 2.00. The van der Waals surface area contributed by atoms with Gasteiger partial charge in [-0.15, -0.1) is 0 Å². The molecule has 0 saturated carbocycles. The monoisotopic (exact) mass is 248 g/mol. The molecule has 0 heterocycles. The zero-order valence-electron chi connectivity index (χ0n) is 10.9. The van der Waals surface area contributed by atoms with E-state index in [1.54, 1.807) is 12.1 Å². The summed E-state index contributed by atoms with van der Waals surface area (Å²) in [5.41, 5.74) is 7.29. The van der Waals surface area contributed by atoms with Gasteiger partial charge in [0, 0.05) is 12.6 Å². The Hall–Kier alpha value is -1.97. The van der Waals surface area contributed by atoms with E-state index in [4.69, 9.17) is 10.5 Å². The lowest BCUT2D eigenvalue weighted by Crippen LogP contribution is -2.21. The summed E-state index contributed by atoms with van der Waals surface area (Å²) in [7, 11) is 0. The van der Waals surface area contributed by atoms with E-state index in [-0.39, 0.29) is 5.91 Å². The number of amides is 1. The molecule has 3 N–H and O–H groups in total. The third kappa shape index (κ3) is 4.49. The van der Waals surface area contributed by atoms with Crippen molar-refractivity contribution in [3.8, 4) is 5.75 Å². The van der Waals surface area contributed by atoms with Crippen LogP contribution in [0.1, 0.15) is 25.8 Å². The van der Waals surface area contributed by atoms with E-state index in [9.17, 15) is 4.79 Å². The van der Waals surface area contributed by atoms with E-state index >= 15 is 0 Å². The summed E-state index contributed by atoms with van der Waals surface area (Å²) >= 11 is 0. The second-order valence-corrected chi connectivity index (χ2v) is 3.85. The number of rotatable bonds is 6. The molecule has 4 heteroatoms. The molecule has 0 atom stereocenters. The predicted molar refractivity (Wildman–Crippen MR) is 74.4 cm³/mol. The minimum atomic E-state index is -0.0932. The Labute approximate surface area is 108 Å². The molecule has 0 bridgehead atoms. The van der Waals surface area contributed by atoms with Crippen molar-refractivity contribution in [3.63, 3.8) is 0 Å². The molecule has 4 nitrogen and oxygen atoms in total. The second kappa shape index (κ2) is 7.37.